The molecule has 0 saturated heterocycles. The van der Waals surface area contributed by atoms with E-state index in [1.807, 2.05) is 6.92 Å². The average Bonchev–Trinajstić information content (AvgIpc) is 2.92. The minimum atomic E-state index is -0.120. The van der Waals surface area contributed by atoms with Gasteiger partial charge in [0.2, 0.25) is 0 Å². The summed E-state index contributed by atoms with van der Waals surface area (Å²) in [5.41, 5.74) is 2.07. The zero-order chi connectivity index (χ0) is 19.0. The number of Topliss-reactive ketones (excluding diaryl/α,β-unsaturated/α-hetero) is 1. The molecule has 0 amide bonds. The van der Waals surface area contributed by atoms with Crippen LogP contribution in [0.15, 0.2) is 11.6 Å². The van der Waals surface area contributed by atoms with Crippen molar-refractivity contribution in [2.75, 3.05) is 0 Å². The zero-order valence-corrected chi connectivity index (χ0v) is 17.6. The number of fused-ring (bicyclic) bond motifs is 7. The van der Waals surface area contributed by atoms with Crippen LogP contribution in [0.1, 0.15) is 91.4 Å². The fourth-order valence-corrected chi connectivity index (χ4v) is 9.44. The Labute approximate surface area is 165 Å². The van der Waals surface area contributed by atoms with Crippen LogP contribution < -0.4 is 0 Å². The van der Waals surface area contributed by atoms with E-state index in [4.69, 9.17) is 0 Å². The third-order valence-corrected chi connectivity index (χ3v) is 10.7. The Balaban J connectivity index is 1.54. The van der Waals surface area contributed by atoms with Crippen LogP contribution in [-0.2, 0) is 4.79 Å². The highest BCUT2D eigenvalue weighted by atomic mass is 16.3. The van der Waals surface area contributed by atoms with Crippen molar-refractivity contribution in [1.82, 2.24) is 0 Å². The molecule has 27 heavy (non-hydrogen) atoms. The number of aliphatic hydroxyl groups is 1. The lowest BCUT2D eigenvalue weighted by atomic mass is 9.44. The molecule has 0 radical (unpaired) electrons. The molecule has 4 saturated carbocycles. The smallest absolute Gasteiger partial charge is 0.136 e. The molecule has 0 aromatic rings. The van der Waals surface area contributed by atoms with Gasteiger partial charge in [-0.05, 0) is 99.2 Å². The first-order valence-electron chi connectivity index (χ1n) is 11.7. The van der Waals surface area contributed by atoms with Gasteiger partial charge in [-0.3, -0.25) is 4.79 Å². The second kappa shape index (κ2) is 5.94. The lowest BCUT2D eigenvalue weighted by molar-refractivity contribution is -0.147. The quantitative estimate of drug-likeness (QED) is 0.602. The zero-order valence-electron chi connectivity index (χ0n) is 17.6. The summed E-state index contributed by atoms with van der Waals surface area (Å²) in [5, 5.41) is 10.2. The van der Waals surface area contributed by atoms with E-state index in [9.17, 15) is 9.90 Å². The van der Waals surface area contributed by atoms with Gasteiger partial charge in [-0.1, -0.05) is 38.3 Å². The molecular weight excluding hydrogens is 332 g/mol. The lowest BCUT2D eigenvalue weighted by Crippen LogP contribution is -2.55. The molecule has 0 unspecified atom stereocenters. The van der Waals surface area contributed by atoms with Gasteiger partial charge in [-0.15, -0.1) is 0 Å². The summed E-state index contributed by atoms with van der Waals surface area (Å²) in [5.74, 6) is 3.41. The number of hydrogen-bond donors (Lipinski definition) is 1. The lowest BCUT2D eigenvalue weighted by Gasteiger charge is -2.60. The summed E-state index contributed by atoms with van der Waals surface area (Å²) in [6.07, 6.45) is 15.5. The molecule has 0 aromatic carbocycles. The molecule has 2 heteroatoms. The van der Waals surface area contributed by atoms with Gasteiger partial charge < -0.3 is 5.11 Å². The molecule has 0 heterocycles. The number of carbonyl (C=O) groups excluding carboxylic acids is 1. The Morgan fingerprint density at radius 1 is 1.07 bits per heavy atom. The maximum Gasteiger partial charge on any atom is 0.136 e. The Kier molecular flexibility index (Phi) is 4.05. The Hall–Kier alpha value is -0.630. The van der Waals surface area contributed by atoms with Crippen molar-refractivity contribution in [3.8, 4) is 0 Å². The van der Waals surface area contributed by atoms with Crippen molar-refractivity contribution >= 4 is 5.78 Å². The Morgan fingerprint density at radius 2 is 1.89 bits per heavy atom. The second-order valence-electron chi connectivity index (χ2n) is 11.3. The second-order valence-corrected chi connectivity index (χ2v) is 11.3. The molecule has 1 N–H and O–H groups in total. The van der Waals surface area contributed by atoms with Crippen molar-refractivity contribution in [3.05, 3.63) is 11.6 Å². The number of ketones is 1. The topological polar surface area (TPSA) is 37.3 Å². The van der Waals surface area contributed by atoms with E-state index in [0.717, 1.165) is 43.4 Å². The molecule has 150 valence electrons. The van der Waals surface area contributed by atoms with Gasteiger partial charge in [0.1, 0.15) is 5.78 Å². The molecule has 0 aromatic heterocycles. The SMILES string of the molecule is CC(=O)[C@]12CCCC[C@H]1C[C@H]1[C@H]3CC=C4C[C@@H](O)CC[C@]4(C)[C@@H]3CC[C@@]12C. The number of aliphatic hydroxyl groups excluding tert-OH is 1. The molecule has 5 aliphatic carbocycles. The normalized spacial score (nSPS) is 54.2. The summed E-state index contributed by atoms with van der Waals surface area (Å²) < 4.78 is 0. The van der Waals surface area contributed by atoms with Crippen molar-refractivity contribution in [2.45, 2.75) is 97.5 Å². The van der Waals surface area contributed by atoms with E-state index in [1.54, 1.807) is 5.57 Å². The molecule has 2 nitrogen and oxygen atoms in total. The van der Waals surface area contributed by atoms with Crippen molar-refractivity contribution < 1.29 is 9.90 Å². The first kappa shape index (κ1) is 18.4. The van der Waals surface area contributed by atoms with Crippen LogP contribution in [0.3, 0.4) is 0 Å². The monoisotopic (exact) mass is 370 g/mol. The van der Waals surface area contributed by atoms with Gasteiger partial charge in [0.05, 0.1) is 6.10 Å². The standard InChI is InChI=1S/C25H38O2/c1-16(26)25-11-5-4-6-18(25)15-22-20-8-7-17-14-19(27)9-12-23(17,2)21(20)10-13-24(22,25)3/h7,18-22,27H,4-6,8-15H2,1-3H3/t18-,19-,20-,21+,22-,23-,24-,25+/m0/s1. The molecule has 0 bridgehead atoms. The van der Waals surface area contributed by atoms with Gasteiger partial charge in [0.15, 0.2) is 0 Å². The van der Waals surface area contributed by atoms with E-state index < -0.39 is 0 Å². The summed E-state index contributed by atoms with van der Waals surface area (Å²) in [6, 6.07) is 0. The van der Waals surface area contributed by atoms with Crippen LogP contribution in [0.4, 0.5) is 0 Å². The number of allylic oxidation sites excluding steroid dienone is 1. The van der Waals surface area contributed by atoms with Crippen LogP contribution in [0.5, 0.6) is 0 Å². The summed E-state index contributed by atoms with van der Waals surface area (Å²) in [4.78, 5) is 13.1. The number of carbonyl (C=O) groups is 1. The van der Waals surface area contributed by atoms with Gasteiger partial charge >= 0.3 is 0 Å². The molecular formula is C25H38O2. The van der Waals surface area contributed by atoms with E-state index in [1.165, 1.54) is 44.9 Å². The summed E-state index contributed by atoms with van der Waals surface area (Å²) >= 11 is 0. The Bertz CT molecular complexity index is 680. The third-order valence-electron chi connectivity index (χ3n) is 10.7. The van der Waals surface area contributed by atoms with E-state index in [-0.39, 0.29) is 16.9 Å². The predicted molar refractivity (Wildman–Crippen MR) is 108 cm³/mol. The van der Waals surface area contributed by atoms with Gasteiger partial charge in [0, 0.05) is 5.41 Å². The maximum absolute atomic E-state index is 13.1. The van der Waals surface area contributed by atoms with Gasteiger partial charge in [-0.2, -0.15) is 0 Å². The number of hydrogen-bond acceptors (Lipinski definition) is 2. The maximum atomic E-state index is 13.1. The highest BCUT2D eigenvalue weighted by Gasteiger charge is 2.68. The van der Waals surface area contributed by atoms with Crippen LogP contribution in [0.2, 0.25) is 0 Å². The minimum Gasteiger partial charge on any atom is -0.393 e. The van der Waals surface area contributed by atoms with Crippen LogP contribution in [0.25, 0.3) is 0 Å². The molecule has 0 aliphatic heterocycles. The van der Waals surface area contributed by atoms with Crippen molar-refractivity contribution in [3.63, 3.8) is 0 Å². The fourth-order valence-electron chi connectivity index (χ4n) is 9.44. The summed E-state index contributed by atoms with van der Waals surface area (Å²) in [7, 11) is 0. The van der Waals surface area contributed by atoms with Crippen LogP contribution in [0, 0.1) is 39.9 Å². The predicted octanol–water partition coefficient (Wildman–Crippen LogP) is 5.69. The van der Waals surface area contributed by atoms with E-state index in [2.05, 4.69) is 19.9 Å². The van der Waals surface area contributed by atoms with Gasteiger partial charge in [-0.25, -0.2) is 0 Å². The molecule has 5 aliphatic rings. The fraction of sp³-hybridized carbons (Fsp3) is 0.880. The average molecular weight is 371 g/mol. The Morgan fingerprint density at radius 3 is 2.67 bits per heavy atom. The highest BCUT2D eigenvalue weighted by molar-refractivity contribution is 5.84. The minimum absolute atomic E-state index is 0.0193. The molecule has 5 rings (SSSR count). The first-order chi connectivity index (χ1) is 12.8. The summed E-state index contributed by atoms with van der Waals surface area (Å²) in [6.45, 7) is 6.94. The van der Waals surface area contributed by atoms with E-state index in [0.29, 0.717) is 17.1 Å². The van der Waals surface area contributed by atoms with Crippen LogP contribution >= 0.6 is 0 Å². The van der Waals surface area contributed by atoms with Gasteiger partial charge in [0.25, 0.3) is 0 Å². The largest absolute Gasteiger partial charge is 0.393 e. The highest BCUT2D eigenvalue weighted by Crippen LogP contribution is 2.73. The molecule has 0 spiro atoms. The first-order valence-corrected chi connectivity index (χ1v) is 11.7. The van der Waals surface area contributed by atoms with Crippen molar-refractivity contribution in [2.24, 2.45) is 39.9 Å². The van der Waals surface area contributed by atoms with Crippen LogP contribution in [-0.4, -0.2) is 17.0 Å². The van der Waals surface area contributed by atoms with Crippen molar-refractivity contribution in [1.29, 1.82) is 0 Å². The molecule has 8 atom stereocenters. The molecule has 4 fully saturated rings. The van der Waals surface area contributed by atoms with E-state index >= 15 is 0 Å². The third kappa shape index (κ3) is 2.20. The number of rotatable bonds is 1.